The smallest absolute Gasteiger partial charge is 0.146 e. The lowest BCUT2D eigenvalue weighted by Gasteiger charge is -2.38. The monoisotopic (exact) mass is 306 g/mol. The van der Waals surface area contributed by atoms with Crippen LogP contribution in [0.2, 0.25) is 0 Å². The Morgan fingerprint density at radius 3 is 2.36 bits per heavy atom. The number of nitrogens with zero attached hydrogens (tertiary/aromatic N) is 2. The molecular weight excluding hydrogens is 286 g/mol. The number of benzene rings is 1. The highest BCUT2D eigenvalue weighted by Crippen LogP contribution is 2.50. The Labute approximate surface area is 129 Å². The molecule has 1 aliphatic heterocycles. The van der Waals surface area contributed by atoms with Crippen molar-refractivity contribution < 1.29 is 13.9 Å². The van der Waals surface area contributed by atoms with Gasteiger partial charge < -0.3 is 10.0 Å². The van der Waals surface area contributed by atoms with Crippen LogP contribution in [0.15, 0.2) is 12.1 Å². The van der Waals surface area contributed by atoms with E-state index in [1.165, 1.54) is 12.1 Å². The predicted molar refractivity (Wildman–Crippen MR) is 79.3 cm³/mol. The normalized spacial score (nSPS) is 28.2. The molecule has 118 valence electrons. The maximum absolute atomic E-state index is 13.9. The zero-order chi connectivity index (χ0) is 16.1. The van der Waals surface area contributed by atoms with E-state index in [1.54, 1.807) is 6.07 Å². The fourth-order valence-electron chi connectivity index (χ4n) is 3.94. The van der Waals surface area contributed by atoms with Gasteiger partial charge in [-0.2, -0.15) is 5.26 Å². The van der Waals surface area contributed by atoms with Crippen molar-refractivity contribution in [3.8, 4) is 6.07 Å². The van der Waals surface area contributed by atoms with Crippen LogP contribution in [-0.2, 0) is 0 Å². The van der Waals surface area contributed by atoms with E-state index in [0.29, 0.717) is 18.7 Å². The minimum absolute atomic E-state index is 0.160. The molecule has 0 bridgehead atoms. The zero-order valence-corrected chi connectivity index (χ0v) is 12.8. The third-order valence-corrected chi connectivity index (χ3v) is 4.99. The average Bonchev–Trinajstić information content (AvgIpc) is 3.22. The Balaban J connectivity index is 1.99. The van der Waals surface area contributed by atoms with E-state index in [0.717, 1.165) is 12.8 Å². The SMILES string of the molecule is CC(C)[C@@H]1N(c2cc(F)c(C#N)c(F)c2)CC[C@@]1(O)C1CC1. The largest absolute Gasteiger partial charge is 0.387 e. The lowest BCUT2D eigenvalue weighted by Crippen LogP contribution is -2.49. The molecule has 5 heteroatoms. The lowest BCUT2D eigenvalue weighted by molar-refractivity contribution is -0.00295. The van der Waals surface area contributed by atoms with Crippen LogP contribution < -0.4 is 4.90 Å². The Bertz CT molecular complexity index is 613. The standard InChI is InChI=1S/C17H20F2N2O/c1-10(2)16-17(22,11-3-4-11)5-6-21(16)12-7-14(18)13(9-20)15(19)8-12/h7-8,10-11,16,22H,3-6H2,1-2H3/t16-,17+/m0/s1. The van der Waals surface area contributed by atoms with Crippen LogP contribution in [-0.4, -0.2) is 23.3 Å². The van der Waals surface area contributed by atoms with E-state index in [4.69, 9.17) is 5.26 Å². The van der Waals surface area contributed by atoms with Gasteiger partial charge in [0, 0.05) is 12.2 Å². The summed E-state index contributed by atoms with van der Waals surface area (Å²) in [6.07, 6.45) is 2.65. The number of aliphatic hydroxyl groups is 1. The van der Waals surface area contributed by atoms with Crippen molar-refractivity contribution in [3.05, 3.63) is 29.3 Å². The van der Waals surface area contributed by atoms with Crippen molar-refractivity contribution in [1.82, 2.24) is 0 Å². The van der Waals surface area contributed by atoms with Gasteiger partial charge in [0.1, 0.15) is 23.3 Å². The van der Waals surface area contributed by atoms with E-state index in [9.17, 15) is 13.9 Å². The molecule has 1 saturated carbocycles. The summed E-state index contributed by atoms with van der Waals surface area (Å²) in [6.45, 7) is 4.61. The molecule has 1 aromatic rings. The summed E-state index contributed by atoms with van der Waals surface area (Å²) in [5, 5.41) is 19.8. The van der Waals surface area contributed by atoms with Gasteiger partial charge in [-0.1, -0.05) is 13.8 Å². The van der Waals surface area contributed by atoms with Crippen LogP contribution in [0.25, 0.3) is 0 Å². The molecular formula is C17H20F2N2O. The van der Waals surface area contributed by atoms with Crippen LogP contribution >= 0.6 is 0 Å². The van der Waals surface area contributed by atoms with Crippen molar-refractivity contribution in [1.29, 1.82) is 5.26 Å². The Hall–Kier alpha value is -1.67. The molecule has 2 aliphatic rings. The third-order valence-electron chi connectivity index (χ3n) is 4.99. The van der Waals surface area contributed by atoms with Gasteiger partial charge in [-0.3, -0.25) is 0 Å². The molecule has 1 N–H and O–H groups in total. The maximum atomic E-state index is 13.9. The van der Waals surface area contributed by atoms with Crippen LogP contribution in [0, 0.1) is 34.8 Å². The molecule has 3 nitrogen and oxygen atoms in total. The number of hydrogen-bond acceptors (Lipinski definition) is 3. The molecule has 1 aliphatic carbocycles. The van der Waals surface area contributed by atoms with Gasteiger partial charge in [0.25, 0.3) is 0 Å². The summed E-state index contributed by atoms with van der Waals surface area (Å²) >= 11 is 0. The Morgan fingerprint density at radius 2 is 1.91 bits per heavy atom. The highest BCUT2D eigenvalue weighted by atomic mass is 19.1. The summed E-state index contributed by atoms with van der Waals surface area (Å²) in [4.78, 5) is 1.90. The van der Waals surface area contributed by atoms with Crippen LogP contribution in [0.4, 0.5) is 14.5 Å². The molecule has 2 atom stereocenters. The molecule has 22 heavy (non-hydrogen) atoms. The number of rotatable bonds is 3. The van der Waals surface area contributed by atoms with Crippen LogP contribution in [0.5, 0.6) is 0 Å². The predicted octanol–water partition coefficient (Wildman–Crippen LogP) is 3.21. The van der Waals surface area contributed by atoms with Crippen molar-refractivity contribution in [2.45, 2.75) is 44.8 Å². The van der Waals surface area contributed by atoms with E-state index < -0.39 is 22.8 Å². The topological polar surface area (TPSA) is 47.3 Å². The van der Waals surface area contributed by atoms with Crippen molar-refractivity contribution in [2.75, 3.05) is 11.4 Å². The van der Waals surface area contributed by atoms with E-state index in [2.05, 4.69) is 0 Å². The molecule has 0 unspecified atom stereocenters. The van der Waals surface area contributed by atoms with Crippen LogP contribution in [0.1, 0.15) is 38.7 Å². The Morgan fingerprint density at radius 1 is 1.32 bits per heavy atom. The van der Waals surface area contributed by atoms with Crippen molar-refractivity contribution in [3.63, 3.8) is 0 Å². The number of hydrogen-bond donors (Lipinski definition) is 1. The van der Waals surface area contributed by atoms with E-state index >= 15 is 0 Å². The number of nitriles is 1. The van der Waals surface area contributed by atoms with Gasteiger partial charge in [0.05, 0.1) is 11.6 Å². The van der Waals surface area contributed by atoms with Crippen LogP contribution in [0.3, 0.4) is 0 Å². The maximum Gasteiger partial charge on any atom is 0.146 e. The first-order chi connectivity index (χ1) is 10.4. The van der Waals surface area contributed by atoms with Crippen molar-refractivity contribution >= 4 is 5.69 Å². The van der Waals surface area contributed by atoms with Gasteiger partial charge in [0.2, 0.25) is 0 Å². The number of halogens is 2. The average molecular weight is 306 g/mol. The summed E-state index contributed by atoms with van der Waals surface area (Å²) in [5.41, 5.74) is -0.930. The first-order valence-electron chi connectivity index (χ1n) is 7.76. The summed E-state index contributed by atoms with van der Waals surface area (Å²) < 4.78 is 27.8. The van der Waals surface area contributed by atoms with Gasteiger partial charge in [-0.15, -0.1) is 0 Å². The fraction of sp³-hybridized carbons (Fsp3) is 0.588. The fourth-order valence-corrected chi connectivity index (χ4v) is 3.94. The summed E-state index contributed by atoms with van der Waals surface area (Å²) in [6, 6.07) is 3.79. The molecule has 2 fully saturated rings. The number of anilines is 1. The highest BCUT2D eigenvalue weighted by molar-refractivity contribution is 5.54. The van der Waals surface area contributed by atoms with Gasteiger partial charge in [-0.25, -0.2) is 8.78 Å². The highest BCUT2D eigenvalue weighted by Gasteiger charge is 2.55. The van der Waals surface area contributed by atoms with E-state index in [1.807, 2.05) is 18.7 Å². The zero-order valence-electron chi connectivity index (χ0n) is 12.8. The lowest BCUT2D eigenvalue weighted by atomic mass is 9.83. The minimum Gasteiger partial charge on any atom is -0.387 e. The summed E-state index contributed by atoms with van der Waals surface area (Å²) in [5.74, 6) is -1.24. The second kappa shape index (κ2) is 5.20. The molecule has 1 aromatic carbocycles. The molecule has 0 aromatic heterocycles. The molecule has 0 spiro atoms. The van der Waals surface area contributed by atoms with Gasteiger partial charge >= 0.3 is 0 Å². The minimum atomic E-state index is -0.845. The third kappa shape index (κ3) is 2.26. The van der Waals surface area contributed by atoms with Gasteiger partial charge in [0.15, 0.2) is 0 Å². The summed E-state index contributed by atoms with van der Waals surface area (Å²) in [7, 11) is 0. The molecule has 1 heterocycles. The second-order valence-electron chi connectivity index (χ2n) is 6.79. The molecule has 0 amide bonds. The van der Waals surface area contributed by atoms with Gasteiger partial charge in [-0.05, 0) is 43.2 Å². The first kappa shape index (κ1) is 15.2. The van der Waals surface area contributed by atoms with Crippen molar-refractivity contribution in [2.24, 2.45) is 11.8 Å². The first-order valence-corrected chi connectivity index (χ1v) is 7.76. The van der Waals surface area contributed by atoms with E-state index in [-0.39, 0.29) is 17.9 Å². The quantitative estimate of drug-likeness (QED) is 0.933. The molecule has 1 saturated heterocycles. The molecule has 3 rings (SSSR count). The second-order valence-corrected chi connectivity index (χ2v) is 6.79. The molecule has 0 radical (unpaired) electrons. The Kier molecular flexibility index (Phi) is 3.60.